The molecule has 138 valence electrons. The molecule has 0 aliphatic rings. The van der Waals surface area contributed by atoms with Crippen molar-refractivity contribution in [3.8, 4) is 22.9 Å². The maximum absolute atomic E-state index is 10.4. The largest absolute Gasteiger partial charge is 0.457 e. The van der Waals surface area contributed by atoms with Gasteiger partial charge in [-0.1, -0.05) is 12.1 Å². The molecule has 0 saturated heterocycles. The average Bonchev–Trinajstić information content (AvgIpc) is 3.48. The Bertz CT molecular complexity index is 1230. The van der Waals surface area contributed by atoms with Crippen LogP contribution in [-0.4, -0.2) is 25.0 Å². The third-order valence-corrected chi connectivity index (χ3v) is 5.27. The van der Waals surface area contributed by atoms with Gasteiger partial charge >= 0.3 is 0 Å². The summed E-state index contributed by atoms with van der Waals surface area (Å²) >= 11 is 1.40. The van der Waals surface area contributed by atoms with Crippen molar-refractivity contribution in [1.82, 2.24) is 19.9 Å². The van der Waals surface area contributed by atoms with Gasteiger partial charge < -0.3 is 19.8 Å². The highest BCUT2D eigenvalue weighted by molar-refractivity contribution is 7.09. The molecule has 0 amide bonds. The number of rotatable bonds is 5. The molecule has 0 bridgehead atoms. The van der Waals surface area contributed by atoms with Crippen molar-refractivity contribution in [2.24, 2.45) is 0 Å². The first-order valence-electron chi connectivity index (χ1n) is 8.74. The second-order valence-electron chi connectivity index (χ2n) is 6.32. The standard InChI is InChI=1S/C21H16N4O2S/c26-19(21-23-8-9-28-21)18-12-24-20(25-18)14-2-1-3-15(11-14)27-16-4-5-17-13(10-16)6-7-22-17/h1-12,19,22,26H,(H,24,25). The number of benzene rings is 2. The van der Waals surface area contributed by atoms with E-state index in [1.54, 1.807) is 12.4 Å². The molecule has 5 aromatic rings. The molecule has 5 rings (SSSR count). The monoisotopic (exact) mass is 388 g/mol. The van der Waals surface area contributed by atoms with E-state index < -0.39 is 6.10 Å². The molecular weight excluding hydrogens is 372 g/mol. The van der Waals surface area contributed by atoms with Crippen LogP contribution in [0.25, 0.3) is 22.3 Å². The summed E-state index contributed by atoms with van der Waals surface area (Å²) in [6.07, 6.45) is 4.40. The van der Waals surface area contributed by atoms with Crippen LogP contribution in [-0.2, 0) is 0 Å². The lowest BCUT2D eigenvalue weighted by Crippen LogP contribution is -1.99. The molecule has 3 N–H and O–H groups in total. The molecule has 0 aliphatic carbocycles. The van der Waals surface area contributed by atoms with Crippen LogP contribution < -0.4 is 4.74 Å². The Morgan fingerprint density at radius 3 is 2.86 bits per heavy atom. The summed E-state index contributed by atoms with van der Waals surface area (Å²) in [5, 5.41) is 14.0. The Morgan fingerprint density at radius 2 is 1.96 bits per heavy atom. The van der Waals surface area contributed by atoms with Crippen molar-refractivity contribution in [2.45, 2.75) is 6.10 Å². The summed E-state index contributed by atoms with van der Waals surface area (Å²) in [4.78, 5) is 14.9. The average molecular weight is 388 g/mol. The molecule has 6 nitrogen and oxygen atoms in total. The SMILES string of the molecule is OC(c1cnc(-c2cccc(Oc3ccc4[nH]ccc4c3)c2)[nH]1)c1nccs1. The molecule has 0 saturated carbocycles. The number of ether oxygens (including phenoxy) is 1. The first-order chi connectivity index (χ1) is 13.8. The van der Waals surface area contributed by atoms with Crippen LogP contribution in [0, 0.1) is 0 Å². The summed E-state index contributed by atoms with van der Waals surface area (Å²) in [5.41, 5.74) is 2.55. The Hall–Kier alpha value is -3.42. The smallest absolute Gasteiger partial charge is 0.147 e. The molecule has 0 fully saturated rings. The van der Waals surface area contributed by atoms with Crippen molar-refractivity contribution >= 4 is 22.2 Å². The van der Waals surface area contributed by atoms with Gasteiger partial charge in [-0.15, -0.1) is 11.3 Å². The van der Waals surface area contributed by atoms with E-state index in [9.17, 15) is 5.11 Å². The van der Waals surface area contributed by atoms with Gasteiger partial charge in [-0.2, -0.15) is 0 Å². The van der Waals surface area contributed by atoms with Gasteiger partial charge in [0, 0.05) is 34.2 Å². The molecule has 0 aliphatic heterocycles. The normalized spacial score (nSPS) is 12.3. The first kappa shape index (κ1) is 16.7. The molecule has 2 aromatic carbocycles. The Kier molecular flexibility index (Phi) is 4.16. The fraction of sp³-hybridized carbons (Fsp3) is 0.0476. The second kappa shape index (κ2) is 6.95. The van der Waals surface area contributed by atoms with E-state index in [1.807, 2.05) is 60.1 Å². The van der Waals surface area contributed by atoms with Gasteiger partial charge in [0.15, 0.2) is 0 Å². The fourth-order valence-corrected chi connectivity index (χ4v) is 3.70. The van der Waals surface area contributed by atoms with E-state index in [0.29, 0.717) is 22.3 Å². The number of hydrogen-bond acceptors (Lipinski definition) is 5. The predicted octanol–water partition coefficient (Wildman–Crippen LogP) is 4.89. The highest BCUT2D eigenvalue weighted by Crippen LogP contribution is 2.29. The van der Waals surface area contributed by atoms with Crippen LogP contribution in [0.3, 0.4) is 0 Å². The van der Waals surface area contributed by atoms with Crippen LogP contribution in [0.15, 0.2) is 72.5 Å². The molecule has 3 heterocycles. The summed E-state index contributed by atoms with van der Waals surface area (Å²) in [6, 6.07) is 15.6. The molecule has 0 spiro atoms. The molecule has 1 atom stereocenters. The maximum atomic E-state index is 10.4. The minimum Gasteiger partial charge on any atom is -0.457 e. The highest BCUT2D eigenvalue weighted by Gasteiger charge is 2.16. The Labute approximate surface area is 164 Å². The molecular formula is C21H16N4O2S. The third-order valence-electron chi connectivity index (χ3n) is 4.44. The van der Waals surface area contributed by atoms with Crippen molar-refractivity contribution in [3.05, 3.63) is 83.2 Å². The minimum absolute atomic E-state index is 0.606. The van der Waals surface area contributed by atoms with Crippen LogP contribution in [0.4, 0.5) is 0 Å². The Balaban J connectivity index is 1.39. The van der Waals surface area contributed by atoms with E-state index in [-0.39, 0.29) is 0 Å². The van der Waals surface area contributed by atoms with Gasteiger partial charge in [0.05, 0.1) is 11.9 Å². The molecule has 3 aromatic heterocycles. The number of aliphatic hydroxyl groups is 1. The third kappa shape index (κ3) is 3.17. The number of nitrogens with one attached hydrogen (secondary N) is 2. The number of aromatic amines is 2. The van der Waals surface area contributed by atoms with Crippen molar-refractivity contribution in [3.63, 3.8) is 0 Å². The number of fused-ring (bicyclic) bond motifs is 1. The molecule has 0 radical (unpaired) electrons. The number of imidazole rings is 1. The van der Waals surface area contributed by atoms with E-state index in [4.69, 9.17) is 4.74 Å². The summed E-state index contributed by atoms with van der Waals surface area (Å²) in [7, 11) is 0. The van der Waals surface area contributed by atoms with Crippen molar-refractivity contribution in [2.75, 3.05) is 0 Å². The Morgan fingerprint density at radius 1 is 1.04 bits per heavy atom. The zero-order valence-corrected chi connectivity index (χ0v) is 15.5. The van der Waals surface area contributed by atoms with Gasteiger partial charge in [-0.25, -0.2) is 9.97 Å². The molecule has 7 heteroatoms. The van der Waals surface area contributed by atoms with E-state index in [1.165, 1.54) is 11.3 Å². The maximum Gasteiger partial charge on any atom is 0.147 e. The topological polar surface area (TPSA) is 86.8 Å². The number of H-pyrrole nitrogens is 2. The quantitative estimate of drug-likeness (QED) is 0.400. The zero-order chi connectivity index (χ0) is 18.9. The summed E-state index contributed by atoms with van der Waals surface area (Å²) in [5.74, 6) is 2.14. The lowest BCUT2D eigenvalue weighted by Gasteiger charge is -2.07. The van der Waals surface area contributed by atoms with E-state index >= 15 is 0 Å². The lowest BCUT2D eigenvalue weighted by atomic mass is 10.2. The van der Waals surface area contributed by atoms with Crippen molar-refractivity contribution in [1.29, 1.82) is 0 Å². The highest BCUT2D eigenvalue weighted by atomic mass is 32.1. The van der Waals surface area contributed by atoms with Gasteiger partial charge in [-0.05, 0) is 36.4 Å². The summed E-state index contributed by atoms with van der Waals surface area (Å²) < 4.78 is 6.02. The zero-order valence-electron chi connectivity index (χ0n) is 14.7. The number of thiazole rings is 1. The van der Waals surface area contributed by atoms with Gasteiger partial charge in [0.2, 0.25) is 0 Å². The van der Waals surface area contributed by atoms with Crippen molar-refractivity contribution < 1.29 is 9.84 Å². The van der Waals surface area contributed by atoms with Crippen LogP contribution in [0.2, 0.25) is 0 Å². The second-order valence-corrected chi connectivity index (χ2v) is 7.24. The summed E-state index contributed by atoms with van der Waals surface area (Å²) in [6.45, 7) is 0. The van der Waals surface area contributed by atoms with Crippen LogP contribution in [0.5, 0.6) is 11.5 Å². The number of aromatic nitrogens is 4. The minimum atomic E-state index is -0.811. The molecule has 1 unspecified atom stereocenters. The fourth-order valence-electron chi connectivity index (χ4n) is 3.06. The van der Waals surface area contributed by atoms with Crippen LogP contribution in [0.1, 0.15) is 16.8 Å². The van der Waals surface area contributed by atoms with E-state index in [0.717, 1.165) is 22.2 Å². The van der Waals surface area contributed by atoms with Crippen LogP contribution >= 0.6 is 11.3 Å². The lowest BCUT2D eigenvalue weighted by molar-refractivity contribution is 0.215. The number of aliphatic hydroxyl groups excluding tert-OH is 1. The van der Waals surface area contributed by atoms with Gasteiger partial charge in [0.1, 0.15) is 28.4 Å². The first-order valence-corrected chi connectivity index (χ1v) is 9.62. The van der Waals surface area contributed by atoms with E-state index in [2.05, 4.69) is 19.9 Å². The van der Waals surface area contributed by atoms with Gasteiger partial charge in [-0.3, -0.25) is 0 Å². The predicted molar refractivity (Wildman–Crippen MR) is 109 cm³/mol. The van der Waals surface area contributed by atoms with Gasteiger partial charge in [0.25, 0.3) is 0 Å². The molecule has 28 heavy (non-hydrogen) atoms. The number of hydrogen-bond donors (Lipinski definition) is 3. The number of nitrogens with zero attached hydrogens (tertiary/aromatic N) is 2.